The maximum Gasteiger partial charge on any atom is 0.339 e. The molecule has 0 spiro atoms. The van der Waals surface area contributed by atoms with Gasteiger partial charge in [-0.3, -0.25) is 0 Å². The molecule has 1 aliphatic heterocycles. The van der Waals surface area contributed by atoms with Crippen LogP contribution in [0, 0.1) is 0 Å². The van der Waals surface area contributed by atoms with E-state index in [0.717, 1.165) is 32.4 Å². The highest BCUT2D eigenvalue weighted by atomic mass is 16.5. The molecule has 2 aromatic carbocycles. The van der Waals surface area contributed by atoms with E-state index < -0.39 is 5.97 Å². The number of likely N-dealkylation sites (tertiary alicyclic amines) is 1. The Hall–Kier alpha value is -2.86. The number of likely N-dealkylation sites (N-methyl/N-ethyl adjacent to an activating group) is 1. The van der Waals surface area contributed by atoms with Gasteiger partial charge in [0.15, 0.2) is 0 Å². The number of hydrogen-bond acceptors (Lipinski definition) is 4. The van der Waals surface area contributed by atoms with Crippen LogP contribution in [0.5, 0.6) is 0 Å². The van der Waals surface area contributed by atoms with Crippen molar-refractivity contribution in [2.45, 2.75) is 25.3 Å². The SMILES string of the molecule is COC(=O)c1ccccc1NC(=O)N1CCC[C@@H](N(C)CCc2ccccc2)C1. The largest absolute Gasteiger partial charge is 0.465 e. The number of hydrogen-bond donors (Lipinski definition) is 1. The zero-order valence-corrected chi connectivity index (χ0v) is 17.1. The summed E-state index contributed by atoms with van der Waals surface area (Å²) in [5.74, 6) is -0.460. The topological polar surface area (TPSA) is 61.9 Å². The summed E-state index contributed by atoms with van der Waals surface area (Å²) in [4.78, 5) is 28.9. The van der Waals surface area contributed by atoms with Crippen molar-refractivity contribution in [2.75, 3.05) is 39.1 Å². The maximum absolute atomic E-state index is 12.8. The van der Waals surface area contributed by atoms with Crippen molar-refractivity contribution in [2.24, 2.45) is 0 Å². The lowest BCUT2D eigenvalue weighted by Crippen LogP contribution is -2.50. The van der Waals surface area contributed by atoms with Crippen molar-refractivity contribution in [3.8, 4) is 0 Å². The summed E-state index contributed by atoms with van der Waals surface area (Å²) in [7, 11) is 3.46. The van der Waals surface area contributed by atoms with Crippen molar-refractivity contribution in [3.63, 3.8) is 0 Å². The van der Waals surface area contributed by atoms with E-state index >= 15 is 0 Å². The minimum atomic E-state index is -0.460. The quantitative estimate of drug-likeness (QED) is 0.759. The summed E-state index contributed by atoms with van der Waals surface area (Å²) >= 11 is 0. The Kier molecular flexibility index (Phi) is 7.25. The number of rotatable bonds is 6. The predicted molar refractivity (Wildman–Crippen MR) is 114 cm³/mol. The lowest BCUT2D eigenvalue weighted by Gasteiger charge is -2.37. The van der Waals surface area contributed by atoms with Crippen molar-refractivity contribution in [1.29, 1.82) is 0 Å². The van der Waals surface area contributed by atoms with Gasteiger partial charge in [-0.15, -0.1) is 0 Å². The Balaban J connectivity index is 1.57. The number of nitrogens with zero attached hydrogens (tertiary/aromatic N) is 2. The third-order valence-electron chi connectivity index (χ3n) is 5.48. The molecule has 0 radical (unpaired) electrons. The smallest absolute Gasteiger partial charge is 0.339 e. The zero-order valence-electron chi connectivity index (χ0n) is 17.1. The number of benzene rings is 2. The average Bonchev–Trinajstić information content (AvgIpc) is 2.78. The standard InChI is InChI=1S/C23H29N3O3/c1-25(16-14-18-9-4-3-5-10-18)19-11-8-15-26(17-19)23(28)24-21-13-7-6-12-20(21)22(27)29-2/h3-7,9-10,12-13,19H,8,11,14-17H2,1-2H3,(H,24,28)/t19-/m1/s1. The molecule has 1 fully saturated rings. The molecule has 154 valence electrons. The van der Waals surface area contributed by atoms with Crippen LogP contribution in [0.15, 0.2) is 54.6 Å². The van der Waals surface area contributed by atoms with Crippen LogP contribution in [0.4, 0.5) is 10.5 Å². The van der Waals surface area contributed by atoms with E-state index in [2.05, 4.69) is 41.5 Å². The van der Waals surface area contributed by atoms with E-state index in [0.29, 0.717) is 23.8 Å². The molecule has 2 amide bonds. The van der Waals surface area contributed by atoms with Crippen LogP contribution in [0.1, 0.15) is 28.8 Å². The number of methoxy groups -OCH3 is 1. The molecule has 29 heavy (non-hydrogen) atoms. The second-order valence-corrected chi connectivity index (χ2v) is 7.43. The molecule has 0 saturated carbocycles. The lowest BCUT2D eigenvalue weighted by atomic mass is 10.0. The van der Waals surface area contributed by atoms with Gasteiger partial charge >= 0.3 is 12.0 Å². The third-order valence-corrected chi connectivity index (χ3v) is 5.48. The van der Waals surface area contributed by atoms with Crippen LogP contribution in [0.25, 0.3) is 0 Å². The first-order valence-electron chi connectivity index (χ1n) is 10.1. The van der Waals surface area contributed by atoms with Crippen LogP contribution < -0.4 is 5.32 Å². The van der Waals surface area contributed by atoms with Gasteiger partial charge in [0.25, 0.3) is 0 Å². The third kappa shape index (κ3) is 5.57. The fourth-order valence-corrected chi connectivity index (χ4v) is 3.71. The number of carbonyl (C=O) groups excluding carboxylic acids is 2. The van der Waals surface area contributed by atoms with Gasteiger partial charge in [-0.05, 0) is 44.0 Å². The maximum atomic E-state index is 12.8. The van der Waals surface area contributed by atoms with E-state index in [1.165, 1.54) is 12.7 Å². The predicted octanol–water partition coefficient (Wildman–Crippen LogP) is 3.64. The van der Waals surface area contributed by atoms with Gasteiger partial charge in [-0.25, -0.2) is 9.59 Å². The molecular formula is C23H29N3O3. The molecule has 0 unspecified atom stereocenters. The second kappa shape index (κ2) is 10.1. The summed E-state index contributed by atoms with van der Waals surface area (Å²) < 4.78 is 4.81. The Morgan fingerprint density at radius 2 is 1.86 bits per heavy atom. The molecule has 6 nitrogen and oxygen atoms in total. The van der Waals surface area contributed by atoms with Crippen LogP contribution >= 0.6 is 0 Å². The van der Waals surface area contributed by atoms with E-state index in [4.69, 9.17) is 4.74 Å². The van der Waals surface area contributed by atoms with Crippen molar-refractivity contribution in [3.05, 3.63) is 65.7 Å². The number of amides is 2. The summed E-state index contributed by atoms with van der Waals surface area (Å²) in [5.41, 5.74) is 2.16. The van der Waals surface area contributed by atoms with E-state index in [1.807, 2.05) is 11.0 Å². The molecule has 1 heterocycles. The van der Waals surface area contributed by atoms with Crippen LogP contribution in [-0.4, -0.2) is 61.6 Å². The first-order chi connectivity index (χ1) is 14.1. The molecular weight excluding hydrogens is 366 g/mol. The Morgan fingerprint density at radius 1 is 1.14 bits per heavy atom. The number of anilines is 1. The van der Waals surface area contributed by atoms with Crippen molar-refractivity contribution in [1.82, 2.24) is 9.80 Å². The van der Waals surface area contributed by atoms with Gasteiger partial charge in [0.05, 0.1) is 18.4 Å². The lowest BCUT2D eigenvalue weighted by molar-refractivity contribution is 0.0602. The highest BCUT2D eigenvalue weighted by molar-refractivity contribution is 6.00. The molecule has 0 aromatic heterocycles. The van der Waals surface area contributed by atoms with Crippen LogP contribution in [0.3, 0.4) is 0 Å². The highest BCUT2D eigenvalue weighted by Gasteiger charge is 2.27. The van der Waals surface area contributed by atoms with Gasteiger partial charge < -0.3 is 19.9 Å². The monoisotopic (exact) mass is 395 g/mol. The molecule has 1 N–H and O–H groups in total. The first kappa shape index (κ1) is 20.9. The molecule has 1 atom stereocenters. The van der Waals surface area contributed by atoms with E-state index in [9.17, 15) is 9.59 Å². The molecule has 1 saturated heterocycles. The van der Waals surface area contributed by atoms with Crippen molar-refractivity contribution >= 4 is 17.7 Å². The number of urea groups is 1. The summed E-state index contributed by atoms with van der Waals surface area (Å²) in [6.07, 6.45) is 3.03. The zero-order chi connectivity index (χ0) is 20.6. The van der Waals surface area contributed by atoms with Gasteiger partial charge in [0, 0.05) is 25.7 Å². The molecule has 2 aromatic rings. The normalized spacial score (nSPS) is 16.5. The van der Waals surface area contributed by atoms with Crippen molar-refractivity contribution < 1.29 is 14.3 Å². The molecule has 3 rings (SSSR count). The van der Waals surface area contributed by atoms with E-state index in [-0.39, 0.29) is 6.03 Å². The number of ether oxygens (including phenoxy) is 1. The molecule has 6 heteroatoms. The summed E-state index contributed by atoms with van der Waals surface area (Å²) in [6.45, 7) is 2.35. The second-order valence-electron chi connectivity index (χ2n) is 7.43. The highest BCUT2D eigenvalue weighted by Crippen LogP contribution is 2.20. The first-order valence-corrected chi connectivity index (χ1v) is 10.1. The molecule has 0 aliphatic carbocycles. The van der Waals surface area contributed by atoms with E-state index in [1.54, 1.807) is 24.3 Å². The van der Waals surface area contributed by atoms with Crippen LogP contribution in [0.2, 0.25) is 0 Å². The van der Waals surface area contributed by atoms with Crippen LogP contribution in [-0.2, 0) is 11.2 Å². The van der Waals surface area contributed by atoms with Gasteiger partial charge in [0.1, 0.15) is 0 Å². The Bertz CT molecular complexity index is 825. The molecule has 1 aliphatic rings. The summed E-state index contributed by atoms with van der Waals surface area (Å²) in [5, 5.41) is 2.88. The number of carbonyl (C=O) groups is 2. The Labute approximate surface area is 172 Å². The fraction of sp³-hybridized carbons (Fsp3) is 0.391. The summed E-state index contributed by atoms with van der Waals surface area (Å²) in [6, 6.07) is 17.5. The van der Waals surface area contributed by atoms with Gasteiger partial charge in [0.2, 0.25) is 0 Å². The minimum Gasteiger partial charge on any atom is -0.465 e. The fourth-order valence-electron chi connectivity index (χ4n) is 3.71. The minimum absolute atomic E-state index is 0.178. The molecule has 0 bridgehead atoms. The number of nitrogens with one attached hydrogen (secondary N) is 1. The number of piperidine rings is 1. The Morgan fingerprint density at radius 3 is 2.62 bits per heavy atom. The number of para-hydroxylation sites is 1. The van der Waals surface area contributed by atoms with Gasteiger partial charge in [-0.2, -0.15) is 0 Å². The average molecular weight is 396 g/mol. The van der Waals surface area contributed by atoms with Gasteiger partial charge in [-0.1, -0.05) is 42.5 Å². The number of esters is 1.